The summed E-state index contributed by atoms with van der Waals surface area (Å²) in [5.74, 6) is -4.18. The molecule has 0 aliphatic carbocycles. The maximum atomic E-state index is 12.4. The number of carbonyl (C=O) groups is 3. The Morgan fingerprint density at radius 3 is 2.09 bits per heavy atom. The Balaban J connectivity index is 2.32. The number of rotatable bonds is 9. The van der Waals surface area contributed by atoms with Gasteiger partial charge < -0.3 is 9.47 Å². The minimum atomic E-state index is -4.17. The number of esters is 2. The van der Waals surface area contributed by atoms with Crippen molar-refractivity contribution in [3.63, 3.8) is 0 Å². The molecule has 0 radical (unpaired) electrons. The standard InChI is InChI=1S/C19H23N5O7S2/c1-5-30-15(25)13(16(26)31-6-2)14-20-17(23-19(21-14)32-4)22-18(27)24-33(28,29)12-9-7-11(3)8-10-12/h7-10,13H,5-6H2,1-4H3,(H2,20,21,22,23,24,27). The van der Waals surface area contributed by atoms with Crippen LogP contribution >= 0.6 is 11.8 Å². The van der Waals surface area contributed by atoms with Crippen molar-refractivity contribution in [2.45, 2.75) is 36.7 Å². The topological polar surface area (TPSA) is 167 Å². The van der Waals surface area contributed by atoms with Crippen molar-refractivity contribution in [3.8, 4) is 0 Å². The highest BCUT2D eigenvalue weighted by Gasteiger charge is 2.35. The third-order valence-corrected chi connectivity index (χ3v) is 5.80. The highest BCUT2D eigenvalue weighted by Crippen LogP contribution is 2.20. The van der Waals surface area contributed by atoms with Crippen molar-refractivity contribution in [3.05, 3.63) is 35.7 Å². The number of benzene rings is 1. The molecule has 1 aromatic heterocycles. The van der Waals surface area contributed by atoms with E-state index in [4.69, 9.17) is 9.47 Å². The van der Waals surface area contributed by atoms with E-state index in [2.05, 4.69) is 20.3 Å². The lowest BCUT2D eigenvalue weighted by molar-refractivity contribution is -0.157. The molecule has 14 heteroatoms. The number of nitrogens with one attached hydrogen (secondary N) is 2. The second kappa shape index (κ2) is 11.6. The van der Waals surface area contributed by atoms with Crippen LogP contribution in [0, 0.1) is 6.92 Å². The van der Waals surface area contributed by atoms with Crippen molar-refractivity contribution in [2.75, 3.05) is 24.8 Å². The zero-order chi connectivity index (χ0) is 24.6. The molecular weight excluding hydrogens is 474 g/mol. The highest BCUT2D eigenvalue weighted by atomic mass is 32.2. The van der Waals surface area contributed by atoms with Crippen LogP contribution in [0.1, 0.15) is 31.2 Å². The van der Waals surface area contributed by atoms with Gasteiger partial charge in [-0.05, 0) is 39.2 Å². The monoisotopic (exact) mass is 497 g/mol. The predicted molar refractivity (Wildman–Crippen MR) is 118 cm³/mol. The lowest BCUT2D eigenvalue weighted by Crippen LogP contribution is -2.35. The number of aromatic nitrogens is 3. The number of hydrogen-bond donors (Lipinski definition) is 2. The molecule has 0 saturated heterocycles. The fourth-order valence-corrected chi connectivity index (χ4v) is 3.70. The van der Waals surface area contributed by atoms with Crippen LogP contribution in [-0.4, -0.2) is 60.8 Å². The van der Waals surface area contributed by atoms with Gasteiger partial charge in [0.05, 0.1) is 18.1 Å². The van der Waals surface area contributed by atoms with Gasteiger partial charge in [-0.15, -0.1) is 0 Å². The summed E-state index contributed by atoms with van der Waals surface area (Å²) in [6.07, 6.45) is 1.62. The minimum Gasteiger partial charge on any atom is -0.465 e. The second-order valence-electron chi connectivity index (χ2n) is 6.31. The zero-order valence-corrected chi connectivity index (χ0v) is 19.9. The van der Waals surface area contributed by atoms with E-state index >= 15 is 0 Å². The first-order chi connectivity index (χ1) is 15.6. The molecule has 1 heterocycles. The van der Waals surface area contributed by atoms with Gasteiger partial charge in [0.25, 0.3) is 10.0 Å². The lowest BCUT2D eigenvalue weighted by Gasteiger charge is -2.14. The average Bonchev–Trinajstić information content (AvgIpc) is 2.74. The van der Waals surface area contributed by atoms with Gasteiger partial charge >= 0.3 is 18.0 Å². The van der Waals surface area contributed by atoms with Crippen molar-refractivity contribution in [2.24, 2.45) is 0 Å². The summed E-state index contributed by atoms with van der Waals surface area (Å²) in [4.78, 5) is 48.9. The van der Waals surface area contributed by atoms with Gasteiger partial charge in [-0.2, -0.15) is 9.97 Å². The summed E-state index contributed by atoms with van der Waals surface area (Å²) < 4.78 is 36.5. The molecule has 33 heavy (non-hydrogen) atoms. The van der Waals surface area contributed by atoms with E-state index in [1.807, 2.05) is 4.72 Å². The maximum Gasteiger partial charge on any atom is 0.335 e. The van der Waals surface area contributed by atoms with Crippen molar-refractivity contribution in [1.29, 1.82) is 0 Å². The van der Waals surface area contributed by atoms with Gasteiger partial charge in [0.2, 0.25) is 11.9 Å². The number of nitrogens with zero attached hydrogens (tertiary/aromatic N) is 3. The Morgan fingerprint density at radius 1 is 1.00 bits per heavy atom. The van der Waals surface area contributed by atoms with Gasteiger partial charge in [-0.1, -0.05) is 29.5 Å². The van der Waals surface area contributed by atoms with E-state index in [1.165, 1.54) is 12.1 Å². The van der Waals surface area contributed by atoms with Crippen LogP contribution in [0.3, 0.4) is 0 Å². The molecule has 2 amide bonds. The minimum absolute atomic E-state index is 0.000407. The number of ether oxygens (including phenoxy) is 2. The van der Waals surface area contributed by atoms with Crippen LogP contribution in [0.25, 0.3) is 0 Å². The van der Waals surface area contributed by atoms with Crippen molar-refractivity contribution in [1.82, 2.24) is 19.7 Å². The van der Waals surface area contributed by atoms with Crippen LogP contribution in [-0.2, 0) is 29.1 Å². The maximum absolute atomic E-state index is 12.4. The summed E-state index contributed by atoms with van der Waals surface area (Å²) in [5, 5.41) is 2.25. The lowest BCUT2D eigenvalue weighted by atomic mass is 10.1. The number of anilines is 1. The number of amides is 2. The fraction of sp³-hybridized carbons (Fsp3) is 0.368. The summed E-state index contributed by atoms with van der Waals surface area (Å²) in [6.45, 7) is 4.91. The Bertz CT molecular complexity index is 1110. The van der Waals surface area contributed by atoms with Crippen molar-refractivity contribution >= 4 is 45.7 Å². The summed E-state index contributed by atoms with van der Waals surface area (Å²) >= 11 is 1.05. The summed E-state index contributed by atoms with van der Waals surface area (Å²) in [7, 11) is -4.17. The number of aryl methyl sites for hydroxylation is 1. The molecule has 12 nitrogen and oxygen atoms in total. The molecular formula is C19H23N5O7S2. The van der Waals surface area contributed by atoms with Crippen LogP contribution in [0.5, 0.6) is 0 Å². The molecule has 0 saturated carbocycles. The largest absolute Gasteiger partial charge is 0.465 e. The molecule has 2 N–H and O–H groups in total. The normalized spacial score (nSPS) is 11.1. The average molecular weight is 498 g/mol. The van der Waals surface area contributed by atoms with E-state index < -0.39 is 33.9 Å². The second-order valence-corrected chi connectivity index (χ2v) is 8.77. The first-order valence-electron chi connectivity index (χ1n) is 9.65. The molecule has 0 atom stereocenters. The van der Waals surface area contributed by atoms with Gasteiger partial charge in [-0.3, -0.25) is 14.9 Å². The molecule has 2 aromatic rings. The third kappa shape index (κ3) is 7.12. The third-order valence-electron chi connectivity index (χ3n) is 3.90. The first-order valence-corrected chi connectivity index (χ1v) is 12.4. The molecule has 0 bridgehead atoms. The fourth-order valence-electron chi connectivity index (χ4n) is 2.43. The van der Waals surface area contributed by atoms with E-state index in [0.29, 0.717) is 0 Å². The van der Waals surface area contributed by atoms with Crippen LogP contribution in [0.4, 0.5) is 10.7 Å². The number of hydrogen-bond acceptors (Lipinski definition) is 11. The Hall–Kier alpha value is -3.26. The van der Waals surface area contributed by atoms with E-state index in [0.717, 1.165) is 17.3 Å². The number of sulfonamides is 1. The molecule has 2 rings (SSSR count). The van der Waals surface area contributed by atoms with E-state index in [-0.39, 0.29) is 35.0 Å². The van der Waals surface area contributed by atoms with Gasteiger partial charge in [0.1, 0.15) is 0 Å². The summed E-state index contributed by atoms with van der Waals surface area (Å²) in [6, 6.07) is 4.71. The SMILES string of the molecule is CCOC(=O)C(C(=O)OCC)c1nc(NC(=O)NS(=O)(=O)c2ccc(C)cc2)nc(SC)n1. The molecule has 0 fully saturated rings. The highest BCUT2D eigenvalue weighted by molar-refractivity contribution is 7.98. The van der Waals surface area contributed by atoms with Crippen LogP contribution in [0.2, 0.25) is 0 Å². The Kier molecular flexibility index (Phi) is 9.11. The number of carbonyl (C=O) groups excluding carboxylic acids is 3. The van der Waals surface area contributed by atoms with Gasteiger partial charge in [0, 0.05) is 0 Å². The van der Waals surface area contributed by atoms with Gasteiger partial charge in [0.15, 0.2) is 11.0 Å². The van der Waals surface area contributed by atoms with E-state index in [1.54, 1.807) is 39.2 Å². The molecule has 178 valence electrons. The molecule has 0 aliphatic rings. The first kappa shape index (κ1) is 26.0. The quantitative estimate of drug-likeness (QED) is 0.293. The number of thioether (sulfide) groups is 1. The number of urea groups is 1. The van der Waals surface area contributed by atoms with Crippen LogP contribution < -0.4 is 10.0 Å². The van der Waals surface area contributed by atoms with Crippen molar-refractivity contribution < 1.29 is 32.3 Å². The van der Waals surface area contributed by atoms with E-state index in [9.17, 15) is 22.8 Å². The zero-order valence-electron chi connectivity index (χ0n) is 18.3. The Morgan fingerprint density at radius 2 is 1.58 bits per heavy atom. The molecule has 0 unspecified atom stereocenters. The summed E-state index contributed by atoms with van der Waals surface area (Å²) in [5.41, 5.74) is 0.846. The Labute approximate surface area is 194 Å². The smallest absolute Gasteiger partial charge is 0.335 e. The molecule has 1 aromatic carbocycles. The van der Waals surface area contributed by atoms with Gasteiger partial charge in [-0.25, -0.2) is 22.9 Å². The molecule has 0 spiro atoms. The predicted octanol–water partition coefficient (Wildman–Crippen LogP) is 1.62. The molecule has 0 aliphatic heterocycles. The van der Waals surface area contributed by atoms with Crippen LogP contribution in [0.15, 0.2) is 34.3 Å².